The van der Waals surface area contributed by atoms with E-state index in [-0.39, 0.29) is 5.41 Å². The zero-order valence-corrected chi connectivity index (χ0v) is 14.3. The number of rotatable bonds is 3. The lowest BCUT2D eigenvalue weighted by Gasteiger charge is -2.23. The Kier molecular flexibility index (Phi) is 4.30. The lowest BCUT2D eigenvalue weighted by Crippen LogP contribution is -2.12. The summed E-state index contributed by atoms with van der Waals surface area (Å²) in [5.41, 5.74) is 5.47. The van der Waals surface area contributed by atoms with Crippen LogP contribution >= 0.6 is 0 Å². The fraction of sp³-hybridized carbons (Fsp3) is 0.182. The smallest absolute Gasteiger partial charge is 0.119 e. The zero-order chi connectivity index (χ0) is 17.2. The van der Waals surface area contributed by atoms with Gasteiger partial charge >= 0.3 is 0 Å². The third-order valence-electron chi connectivity index (χ3n) is 4.20. The molecule has 0 amide bonds. The van der Waals surface area contributed by atoms with E-state index < -0.39 is 0 Å². The van der Waals surface area contributed by atoms with Crippen molar-refractivity contribution in [3.8, 4) is 22.3 Å². The van der Waals surface area contributed by atoms with Crippen LogP contribution < -0.4 is 0 Å². The minimum absolute atomic E-state index is 0.169. The number of hydrogen-bond acceptors (Lipinski definition) is 2. The molecule has 2 nitrogen and oxygen atoms in total. The van der Waals surface area contributed by atoms with Crippen LogP contribution in [0.25, 0.3) is 22.3 Å². The largest absolute Gasteiger partial charge is 0.145 e. The summed E-state index contributed by atoms with van der Waals surface area (Å²) >= 11 is 0. The van der Waals surface area contributed by atoms with Crippen molar-refractivity contribution in [1.29, 1.82) is 0 Å². The van der Waals surface area contributed by atoms with Crippen LogP contribution in [0.5, 0.6) is 0 Å². The summed E-state index contributed by atoms with van der Waals surface area (Å²) in [6.07, 6.45) is 0. The van der Waals surface area contributed by atoms with Gasteiger partial charge in [0.1, 0.15) is 5.69 Å². The average molecular weight is 315 g/mol. The highest BCUT2D eigenvalue weighted by molar-refractivity contribution is 5.84. The van der Waals surface area contributed by atoms with Crippen LogP contribution in [0.4, 0.5) is 5.69 Å². The summed E-state index contributed by atoms with van der Waals surface area (Å²) in [6, 6.07) is 24.4. The van der Waals surface area contributed by atoms with Crippen molar-refractivity contribution >= 4 is 5.69 Å². The zero-order valence-electron chi connectivity index (χ0n) is 14.3. The van der Waals surface area contributed by atoms with Crippen LogP contribution in [0.15, 0.2) is 78.0 Å². The van der Waals surface area contributed by atoms with Crippen molar-refractivity contribution in [2.24, 2.45) is 5.18 Å². The summed E-state index contributed by atoms with van der Waals surface area (Å²) in [5, 5.41) is 3.40. The van der Waals surface area contributed by atoms with E-state index >= 15 is 0 Å². The maximum Gasteiger partial charge on any atom is 0.119 e. The molecule has 0 bridgehead atoms. The number of nitrogens with zero attached hydrogens (tertiary/aromatic N) is 1. The molecule has 3 aromatic carbocycles. The van der Waals surface area contributed by atoms with Gasteiger partial charge in [0.15, 0.2) is 0 Å². The Morgan fingerprint density at radius 2 is 1.25 bits per heavy atom. The van der Waals surface area contributed by atoms with Crippen molar-refractivity contribution < 1.29 is 0 Å². The minimum Gasteiger partial charge on any atom is -0.145 e. The summed E-state index contributed by atoms with van der Waals surface area (Å²) in [7, 11) is 0. The SMILES string of the molecule is CC(C)(C)c1cc(-c2ccccc2)cc(-c2ccccc2)c1N=O. The Labute approximate surface area is 143 Å². The van der Waals surface area contributed by atoms with Gasteiger partial charge in [-0.3, -0.25) is 0 Å². The molecule has 2 heteroatoms. The average Bonchev–Trinajstić information content (AvgIpc) is 2.61. The highest BCUT2D eigenvalue weighted by Gasteiger charge is 2.23. The molecule has 3 rings (SSSR count). The normalized spacial score (nSPS) is 11.3. The predicted octanol–water partition coefficient (Wildman–Crippen LogP) is 6.72. The van der Waals surface area contributed by atoms with Gasteiger partial charge in [-0.2, -0.15) is 0 Å². The molecule has 0 aliphatic carbocycles. The molecule has 0 unspecified atom stereocenters. The topological polar surface area (TPSA) is 29.4 Å². The standard InChI is InChI=1S/C22H21NO/c1-22(2,3)20-15-18(16-10-6-4-7-11-16)14-19(21(20)23-24)17-12-8-5-9-13-17/h4-15H,1-3H3. The highest BCUT2D eigenvalue weighted by Crippen LogP contribution is 2.42. The Morgan fingerprint density at radius 3 is 1.75 bits per heavy atom. The first kappa shape index (κ1) is 16.1. The van der Waals surface area contributed by atoms with Crippen LogP contribution in [-0.4, -0.2) is 0 Å². The predicted molar refractivity (Wildman–Crippen MR) is 101 cm³/mol. The molecular formula is C22H21NO. The molecule has 0 saturated heterocycles. The van der Waals surface area contributed by atoms with Gasteiger partial charge in [-0.05, 0) is 45.0 Å². The van der Waals surface area contributed by atoms with Gasteiger partial charge in [-0.1, -0.05) is 81.4 Å². The van der Waals surface area contributed by atoms with E-state index in [1.165, 1.54) is 0 Å². The van der Waals surface area contributed by atoms with Gasteiger partial charge in [-0.25, -0.2) is 0 Å². The second-order valence-corrected chi connectivity index (χ2v) is 6.99. The van der Waals surface area contributed by atoms with E-state index in [2.05, 4.69) is 50.2 Å². The van der Waals surface area contributed by atoms with E-state index in [0.717, 1.165) is 27.8 Å². The molecule has 0 spiro atoms. The van der Waals surface area contributed by atoms with Gasteiger partial charge in [0.25, 0.3) is 0 Å². The summed E-state index contributed by atoms with van der Waals surface area (Å²) in [4.78, 5) is 11.7. The molecule has 24 heavy (non-hydrogen) atoms. The first-order valence-electron chi connectivity index (χ1n) is 8.13. The Balaban J connectivity index is 2.33. The lowest BCUT2D eigenvalue weighted by molar-refractivity contribution is 0.592. The minimum atomic E-state index is -0.169. The maximum atomic E-state index is 11.7. The number of hydrogen-bond donors (Lipinski definition) is 0. The van der Waals surface area contributed by atoms with E-state index in [1.54, 1.807) is 0 Å². The first-order chi connectivity index (χ1) is 11.5. The molecular weight excluding hydrogens is 294 g/mol. The second-order valence-electron chi connectivity index (χ2n) is 6.99. The number of benzene rings is 3. The monoisotopic (exact) mass is 315 g/mol. The number of nitroso groups, excluding NO2 is 1. The van der Waals surface area contributed by atoms with Crippen molar-refractivity contribution in [3.05, 3.63) is 83.3 Å². The first-order valence-corrected chi connectivity index (χ1v) is 8.13. The van der Waals surface area contributed by atoms with Crippen molar-refractivity contribution in [2.45, 2.75) is 26.2 Å². The van der Waals surface area contributed by atoms with Gasteiger partial charge in [-0.15, -0.1) is 4.91 Å². The van der Waals surface area contributed by atoms with Crippen molar-refractivity contribution in [2.75, 3.05) is 0 Å². The molecule has 0 fully saturated rings. The molecule has 3 aromatic rings. The Hall–Kier alpha value is -2.74. The quantitative estimate of drug-likeness (QED) is 0.493. The van der Waals surface area contributed by atoms with E-state index in [0.29, 0.717) is 5.69 Å². The van der Waals surface area contributed by atoms with Crippen molar-refractivity contribution in [1.82, 2.24) is 0 Å². The molecule has 0 aromatic heterocycles. The Morgan fingerprint density at radius 1 is 0.708 bits per heavy atom. The van der Waals surface area contributed by atoms with Crippen LogP contribution in [-0.2, 0) is 5.41 Å². The van der Waals surface area contributed by atoms with Crippen LogP contribution in [0.2, 0.25) is 0 Å². The summed E-state index contributed by atoms with van der Waals surface area (Å²) in [5.74, 6) is 0. The van der Waals surface area contributed by atoms with E-state index in [1.807, 2.05) is 48.5 Å². The van der Waals surface area contributed by atoms with E-state index in [4.69, 9.17) is 0 Å². The molecule has 0 heterocycles. The molecule has 0 atom stereocenters. The summed E-state index contributed by atoms with van der Waals surface area (Å²) in [6.45, 7) is 6.34. The third-order valence-corrected chi connectivity index (χ3v) is 4.20. The van der Waals surface area contributed by atoms with Gasteiger partial charge < -0.3 is 0 Å². The maximum absolute atomic E-state index is 11.7. The van der Waals surface area contributed by atoms with Crippen molar-refractivity contribution in [3.63, 3.8) is 0 Å². The third kappa shape index (κ3) is 3.13. The Bertz CT molecular complexity index is 846. The van der Waals surface area contributed by atoms with Gasteiger partial charge in [0.2, 0.25) is 0 Å². The van der Waals surface area contributed by atoms with Crippen LogP contribution in [0.3, 0.4) is 0 Å². The molecule has 0 aliphatic heterocycles. The summed E-state index contributed by atoms with van der Waals surface area (Å²) < 4.78 is 0. The molecule has 0 aliphatic rings. The molecule has 0 saturated carbocycles. The fourth-order valence-electron chi connectivity index (χ4n) is 2.94. The molecule has 0 N–H and O–H groups in total. The van der Waals surface area contributed by atoms with Crippen LogP contribution in [0, 0.1) is 4.91 Å². The van der Waals surface area contributed by atoms with Crippen LogP contribution in [0.1, 0.15) is 26.3 Å². The van der Waals surface area contributed by atoms with Gasteiger partial charge in [0.05, 0.1) is 0 Å². The highest BCUT2D eigenvalue weighted by atomic mass is 16.3. The van der Waals surface area contributed by atoms with Gasteiger partial charge in [0, 0.05) is 5.56 Å². The second kappa shape index (κ2) is 6.40. The van der Waals surface area contributed by atoms with E-state index in [9.17, 15) is 4.91 Å². The molecule has 0 radical (unpaired) electrons. The molecule has 120 valence electrons. The fourth-order valence-corrected chi connectivity index (χ4v) is 2.94. The lowest BCUT2D eigenvalue weighted by atomic mass is 9.81.